The van der Waals surface area contributed by atoms with Gasteiger partial charge in [0.2, 0.25) is 0 Å². The summed E-state index contributed by atoms with van der Waals surface area (Å²) < 4.78 is 0. The minimum Gasteiger partial charge on any atom is -0.320 e. The van der Waals surface area contributed by atoms with Crippen molar-refractivity contribution in [2.75, 3.05) is 0 Å². The van der Waals surface area contributed by atoms with Gasteiger partial charge in [-0.2, -0.15) is 0 Å². The van der Waals surface area contributed by atoms with Gasteiger partial charge in [-0.05, 0) is 43.0 Å². The quantitative estimate of drug-likeness (QED) is 0.829. The Kier molecular flexibility index (Phi) is 2.72. The lowest BCUT2D eigenvalue weighted by Gasteiger charge is -2.08. The fourth-order valence-electron chi connectivity index (χ4n) is 1.49. The summed E-state index contributed by atoms with van der Waals surface area (Å²) in [6, 6.07) is 6.43. The topological polar surface area (TPSA) is 26.0 Å². The van der Waals surface area contributed by atoms with Crippen molar-refractivity contribution in [3.8, 4) is 0 Å². The van der Waals surface area contributed by atoms with E-state index in [9.17, 15) is 0 Å². The lowest BCUT2D eigenvalue weighted by atomic mass is 10.1. The third-order valence-electron chi connectivity index (χ3n) is 2.30. The van der Waals surface area contributed by atoms with E-state index in [1.807, 2.05) is 0 Å². The maximum atomic E-state index is 6.19. The maximum Gasteiger partial charge on any atom is 0.0656 e. The minimum absolute atomic E-state index is 0.0555. The molecule has 1 nitrogen and oxygen atoms in total. The van der Waals surface area contributed by atoms with Crippen LogP contribution in [-0.2, 0) is 0 Å². The van der Waals surface area contributed by atoms with Gasteiger partial charge in [-0.25, -0.2) is 0 Å². The second kappa shape index (κ2) is 3.85. The van der Waals surface area contributed by atoms with Crippen molar-refractivity contribution >= 4 is 22.7 Å². The lowest BCUT2D eigenvalue weighted by Crippen LogP contribution is -2.09. The number of hydrogen-bond donors (Lipinski definition) is 1. The molecule has 0 fully saturated rings. The first kappa shape index (κ1) is 9.90. The molecular formula is C11H13NS2. The standard InChI is InChI=1S/C11H13NS2/c1-7-3-4-10(14-7)11(12)9-5-6-13-8(9)2/h3-6,11H,12H2,1-2H3. The van der Waals surface area contributed by atoms with Gasteiger partial charge < -0.3 is 5.73 Å². The minimum atomic E-state index is 0.0555. The highest BCUT2D eigenvalue weighted by atomic mass is 32.1. The normalized spacial score (nSPS) is 13.1. The third kappa shape index (κ3) is 1.75. The molecule has 2 rings (SSSR count). The molecule has 3 heteroatoms. The van der Waals surface area contributed by atoms with E-state index in [2.05, 4.69) is 37.4 Å². The zero-order chi connectivity index (χ0) is 10.1. The van der Waals surface area contributed by atoms with Crippen molar-refractivity contribution in [1.82, 2.24) is 0 Å². The molecule has 0 spiro atoms. The highest BCUT2D eigenvalue weighted by molar-refractivity contribution is 7.12. The molecule has 2 aromatic rings. The lowest BCUT2D eigenvalue weighted by molar-refractivity contribution is 0.891. The fourth-order valence-corrected chi connectivity index (χ4v) is 3.14. The van der Waals surface area contributed by atoms with Crippen LogP contribution >= 0.6 is 22.7 Å². The number of rotatable bonds is 2. The van der Waals surface area contributed by atoms with Gasteiger partial charge in [-0.1, -0.05) is 0 Å². The summed E-state index contributed by atoms with van der Waals surface area (Å²) in [5.74, 6) is 0. The van der Waals surface area contributed by atoms with Gasteiger partial charge in [0.25, 0.3) is 0 Å². The summed E-state index contributed by atoms with van der Waals surface area (Å²) in [6.45, 7) is 4.24. The van der Waals surface area contributed by atoms with Crippen LogP contribution in [0.2, 0.25) is 0 Å². The summed E-state index contributed by atoms with van der Waals surface area (Å²) in [7, 11) is 0. The van der Waals surface area contributed by atoms with Crippen LogP contribution < -0.4 is 5.73 Å². The average molecular weight is 223 g/mol. The van der Waals surface area contributed by atoms with Gasteiger partial charge in [0, 0.05) is 14.6 Å². The van der Waals surface area contributed by atoms with Crippen LogP contribution in [0.4, 0.5) is 0 Å². The van der Waals surface area contributed by atoms with Crippen LogP contribution in [0.1, 0.15) is 26.2 Å². The van der Waals surface area contributed by atoms with Gasteiger partial charge in [-0.3, -0.25) is 0 Å². The van der Waals surface area contributed by atoms with E-state index in [-0.39, 0.29) is 6.04 Å². The Bertz CT molecular complexity index is 428. The van der Waals surface area contributed by atoms with E-state index in [0.29, 0.717) is 0 Å². The van der Waals surface area contributed by atoms with Crippen LogP contribution in [0.25, 0.3) is 0 Å². The summed E-state index contributed by atoms with van der Waals surface area (Å²) in [4.78, 5) is 3.90. The summed E-state index contributed by atoms with van der Waals surface area (Å²) in [5, 5.41) is 2.10. The van der Waals surface area contributed by atoms with Crippen molar-refractivity contribution < 1.29 is 0 Å². The number of nitrogens with two attached hydrogens (primary N) is 1. The fraction of sp³-hybridized carbons (Fsp3) is 0.273. The second-order valence-electron chi connectivity index (χ2n) is 3.36. The highest BCUT2D eigenvalue weighted by Crippen LogP contribution is 2.30. The van der Waals surface area contributed by atoms with E-state index >= 15 is 0 Å². The van der Waals surface area contributed by atoms with Gasteiger partial charge in [0.15, 0.2) is 0 Å². The Balaban J connectivity index is 2.33. The van der Waals surface area contributed by atoms with Crippen molar-refractivity contribution in [1.29, 1.82) is 0 Å². The average Bonchev–Trinajstić information content (AvgIpc) is 2.73. The Morgan fingerprint density at radius 3 is 2.50 bits per heavy atom. The smallest absolute Gasteiger partial charge is 0.0656 e. The zero-order valence-corrected chi connectivity index (χ0v) is 9.91. The molecule has 2 N–H and O–H groups in total. The predicted molar refractivity (Wildman–Crippen MR) is 64.1 cm³/mol. The molecule has 0 amide bonds. The monoisotopic (exact) mass is 223 g/mol. The Morgan fingerprint density at radius 2 is 2.00 bits per heavy atom. The summed E-state index contributed by atoms with van der Waals surface area (Å²) >= 11 is 3.54. The molecule has 74 valence electrons. The van der Waals surface area contributed by atoms with Crippen LogP contribution in [0.3, 0.4) is 0 Å². The van der Waals surface area contributed by atoms with E-state index in [0.717, 1.165) is 0 Å². The first-order chi connectivity index (χ1) is 6.68. The molecule has 0 aliphatic carbocycles. The van der Waals surface area contributed by atoms with Crippen LogP contribution in [-0.4, -0.2) is 0 Å². The largest absolute Gasteiger partial charge is 0.320 e. The molecule has 0 saturated carbocycles. The number of aryl methyl sites for hydroxylation is 2. The first-order valence-corrected chi connectivity index (χ1v) is 6.24. The molecule has 2 heterocycles. The second-order valence-corrected chi connectivity index (χ2v) is 5.80. The van der Waals surface area contributed by atoms with Gasteiger partial charge in [0.05, 0.1) is 6.04 Å². The number of hydrogen-bond acceptors (Lipinski definition) is 3. The van der Waals surface area contributed by atoms with Gasteiger partial charge in [-0.15, -0.1) is 22.7 Å². The van der Waals surface area contributed by atoms with Crippen molar-refractivity contribution in [3.63, 3.8) is 0 Å². The van der Waals surface area contributed by atoms with Crippen LogP contribution in [0.15, 0.2) is 23.6 Å². The zero-order valence-electron chi connectivity index (χ0n) is 8.28. The van der Waals surface area contributed by atoms with Crippen molar-refractivity contribution in [2.24, 2.45) is 5.73 Å². The maximum absolute atomic E-state index is 6.19. The van der Waals surface area contributed by atoms with E-state index in [1.54, 1.807) is 22.7 Å². The van der Waals surface area contributed by atoms with Crippen molar-refractivity contribution in [3.05, 3.63) is 43.8 Å². The molecule has 0 bridgehead atoms. The molecule has 0 aromatic carbocycles. The summed E-state index contributed by atoms with van der Waals surface area (Å²) in [5.41, 5.74) is 7.45. The Hall–Kier alpha value is -0.640. The first-order valence-electron chi connectivity index (χ1n) is 4.54. The van der Waals surface area contributed by atoms with E-state index in [1.165, 1.54) is 20.2 Å². The van der Waals surface area contributed by atoms with Gasteiger partial charge >= 0.3 is 0 Å². The van der Waals surface area contributed by atoms with E-state index in [4.69, 9.17) is 5.73 Å². The number of thiophene rings is 2. The van der Waals surface area contributed by atoms with Gasteiger partial charge in [0.1, 0.15) is 0 Å². The highest BCUT2D eigenvalue weighted by Gasteiger charge is 2.13. The molecule has 1 unspecified atom stereocenters. The molecular weight excluding hydrogens is 210 g/mol. The molecule has 1 atom stereocenters. The molecule has 14 heavy (non-hydrogen) atoms. The van der Waals surface area contributed by atoms with Crippen LogP contribution in [0, 0.1) is 13.8 Å². The molecule has 0 radical (unpaired) electrons. The molecule has 0 aliphatic rings. The molecule has 0 aliphatic heterocycles. The third-order valence-corrected chi connectivity index (χ3v) is 4.25. The SMILES string of the molecule is Cc1ccc(C(N)c2ccsc2C)s1. The van der Waals surface area contributed by atoms with Crippen molar-refractivity contribution in [2.45, 2.75) is 19.9 Å². The van der Waals surface area contributed by atoms with Crippen LogP contribution in [0.5, 0.6) is 0 Å². The summed E-state index contributed by atoms with van der Waals surface area (Å²) in [6.07, 6.45) is 0. The molecule has 0 saturated heterocycles. The molecule has 2 aromatic heterocycles. The predicted octanol–water partition coefficient (Wildman–Crippen LogP) is 3.47. The van der Waals surface area contributed by atoms with E-state index < -0.39 is 0 Å². The Morgan fingerprint density at radius 1 is 1.21 bits per heavy atom. The Labute approximate surface area is 92.2 Å².